The summed E-state index contributed by atoms with van der Waals surface area (Å²) >= 11 is 0. The van der Waals surface area contributed by atoms with E-state index in [0.29, 0.717) is 0 Å². The Morgan fingerprint density at radius 3 is 1.86 bits per heavy atom. The molecule has 1 aliphatic carbocycles. The monoisotopic (exact) mass is 301 g/mol. The molecule has 1 rings (SSSR count). The zero-order chi connectivity index (χ0) is 16.8. The van der Waals surface area contributed by atoms with Gasteiger partial charge in [0.1, 0.15) is 12.3 Å². The van der Waals surface area contributed by atoms with E-state index in [1.54, 1.807) is 20.8 Å². The molecule has 1 aliphatic rings. The van der Waals surface area contributed by atoms with Crippen LogP contribution in [0.25, 0.3) is 0 Å². The quantitative estimate of drug-likeness (QED) is 0.580. The van der Waals surface area contributed by atoms with Gasteiger partial charge in [-0.15, -0.1) is 0 Å². The Kier molecular flexibility index (Phi) is 3.84. The highest BCUT2D eigenvalue weighted by molar-refractivity contribution is 5.20. The molecular formula is C12H19N3O6. The molecule has 0 aromatic heterocycles. The fourth-order valence-electron chi connectivity index (χ4n) is 3.82. The summed E-state index contributed by atoms with van der Waals surface area (Å²) in [5, 5.41) is 34.1. The average molecular weight is 301 g/mol. The Hall–Kier alpha value is -2.06. The van der Waals surface area contributed by atoms with Crippen molar-refractivity contribution in [2.45, 2.75) is 52.1 Å². The van der Waals surface area contributed by atoms with Crippen LogP contribution in [0.1, 0.15) is 41.0 Å². The van der Waals surface area contributed by atoms with Gasteiger partial charge in [0.2, 0.25) is 5.54 Å². The first kappa shape index (κ1) is 17.0. The summed E-state index contributed by atoms with van der Waals surface area (Å²) in [4.78, 5) is 32.0. The number of rotatable bonds is 3. The largest absolute Gasteiger partial charge is 0.264 e. The molecule has 0 fully saturated rings. The van der Waals surface area contributed by atoms with Crippen LogP contribution in [0.15, 0.2) is 11.8 Å². The van der Waals surface area contributed by atoms with Crippen LogP contribution in [-0.2, 0) is 0 Å². The van der Waals surface area contributed by atoms with Gasteiger partial charge < -0.3 is 0 Å². The van der Waals surface area contributed by atoms with Gasteiger partial charge in [-0.05, 0) is 5.41 Å². The number of nitrogens with zero attached hydrogens (tertiary/aromatic N) is 3. The molecule has 0 aromatic rings. The molecule has 0 saturated carbocycles. The first-order valence-corrected chi connectivity index (χ1v) is 6.42. The van der Waals surface area contributed by atoms with Gasteiger partial charge in [0.05, 0.1) is 11.0 Å². The van der Waals surface area contributed by atoms with E-state index in [2.05, 4.69) is 0 Å². The molecule has 21 heavy (non-hydrogen) atoms. The van der Waals surface area contributed by atoms with Crippen LogP contribution >= 0.6 is 0 Å². The molecule has 118 valence electrons. The minimum Gasteiger partial charge on any atom is -0.264 e. The van der Waals surface area contributed by atoms with Crippen molar-refractivity contribution in [3.05, 3.63) is 42.1 Å². The average Bonchev–Trinajstić information content (AvgIpc) is 2.25. The number of hydrogen-bond acceptors (Lipinski definition) is 6. The fourth-order valence-corrected chi connectivity index (χ4v) is 3.82. The molecule has 3 atom stereocenters. The van der Waals surface area contributed by atoms with E-state index in [9.17, 15) is 30.3 Å². The van der Waals surface area contributed by atoms with E-state index < -0.39 is 49.3 Å². The third-order valence-electron chi connectivity index (χ3n) is 4.12. The highest BCUT2D eigenvalue weighted by Gasteiger charge is 2.68. The summed E-state index contributed by atoms with van der Waals surface area (Å²) in [6, 6.07) is 0. The molecule has 0 heterocycles. The van der Waals surface area contributed by atoms with Crippen molar-refractivity contribution in [1.29, 1.82) is 0 Å². The summed E-state index contributed by atoms with van der Waals surface area (Å²) in [7, 11) is 0. The SMILES string of the molecule is CC(C)(C)C1C(C)([N+](=O)[O-])C=C([N+](=O)[O-])CC1(C)[N+](=O)[O-]. The van der Waals surface area contributed by atoms with Gasteiger partial charge in [0.25, 0.3) is 11.2 Å². The maximum atomic E-state index is 11.5. The lowest BCUT2D eigenvalue weighted by atomic mass is 9.57. The van der Waals surface area contributed by atoms with Crippen LogP contribution in [0.4, 0.5) is 0 Å². The van der Waals surface area contributed by atoms with E-state index in [1.807, 2.05) is 0 Å². The molecule has 0 N–H and O–H groups in total. The van der Waals surface area contributed by atoms with Gasteiger partial charge >= 0.3 is 0 Å². The second kappa shape index (κ2) is 4.74. The van der Waals surface area contributed by atoms with Crippen molar-refractivity contribution in [3.63, 3.8) is 0 Å². The second-order valence-electron chi connectivity index (χ2n) is 6.97. The molecule has 9 heteroatoms. The zero-order valence-corrected chi connectivity index (χ0v) is 12.7. The predicted molar refractivity (Wildman–Crippen MR) is 73.4 cm³/mol. The molecule has 0 bridgehead atoms. The molecule has 0 aromatic carbocycles. The van der Waals surface area contributed by atoms with Crippen LogP contribution in [0.2, 0.25) is 0 Å². The zero-order valence-electron chi connectivity index (χ0n) is 12.7. The minimum atomic E-state index is -1.87. The van der Waals surface area contributed by atoms with Gasteiger partial charge in [-0.25, -0.2) is 0 Å². The Labute approximate surface area is 121 Å². The highest BCUT2D eigenvalue weighted by atomic mass is 16.6. The Balaban J connectivity index is 3.71. The van der Waals surface area contributed by atoms with Gasteiger partial charge in [-0.1, -0.05) is 20.8 Å². The van der Waals surface area contributed by atoms with Gasteiger partial charge in [0.15, 0.2) is 0 Å². The van der Waals surface area contributed by atoms with Crippen molar-refractivity contribution in [2.75, 3.05) is 0 Å². The topological polar surface area (TPSA) is 129 Å². The lowest BCUT2D eigenvalue weighted by molar-refractivity contribution is -0.633. The molecule has 0 radical (unpaired) electrons. The lowest BCUT2D eigenvalue weighted by Crippen LogP contribution is -2.63. The number of nitro groups is 3. The summed E-state index contributed by atoms with van der Waals surface area (Å²) in [5.74, 6) is -0.994. The van der Waals surface area contributed by atoms with Crippen LogP contribution in [0, 0.1) is 41.7 Å². The van der Waals surface area contributed by atoms with Crippen molar-refractivity contribution in [2.24, 2.45) is 11.3 Å². The number of hydrogen-bond donors (Lipinski definition) is 0. The normalized spacial score (nSPS) is 33.2. The van der Waals surface area contributed by atoms with Crippen molar-refractivity contribution >= 4 is 0 Å². The minimum absolute atomic E-state index is 0.432. The van der Waals surface area contributed by atoms with E-state index in [0.717, 1.165) is 6.08 Å². The molecule has 0 saturated heterocycles. The smallest absolute Gasteiger partial charge is 0.256 e. The van der Waals surface area contributed by atoms with Crippen LogP contribution < -0.4 is 0 Å². The van der Waals surface area contributed by atoms with Gasteiger partial charge in [-0.2, -0.15) is 0 Å². The first-order chi connectivity index (χ1) is 9.26. The van der Waals surface area contributed by atoms with Crippen molar-refractivity contribution < 1.29 is 14.8 Å². The molecule has 0 aliphatic heterocycles. The first-order valence-electron chi connectivity index (χ1n) is 6.42. The van der Waals surface area contributed by atoms with E-state index in [-0.39, 0.29) is 0 Å². The highest BCUT2D eigenvalue weighted by Crippen LogP contribution is 2.51. The molecular weight excluding hydrogens is 282 g/mol. The van der Waals surface area contributed by atoms with Crippen LogP contribution in [0.3, 0.4) is 0 Å². The molecule has 9 nitrogen and oxygen atoms in total. The molecule has 0 amide bonds. The summed E-state index contributed by atoms with van der Waals surface area (Å²) in [6.07, 6.45) is 0.534. The third kappa shape index (κ3) is 2.59. The Bertz CT molecular complexity index is 538. The molecule has 3 unspecified atom stereocenters. The standard InChI is InChI=1S/C12H19N3O6/c1-10(2,3)9-11(4,14(18)19)6-8(13(16)17)7-12(9,5)15(20)21/h6,9H,7H2,1-5H3. The predicted octanol–water partition coefficient (Wildman–Crippen LogP) is 2.28. The molecule has 0 spiro atoms. The van der Waals surface area contributed by atoms with Crippen LogP contribution in [0.5, 0.6) is 0 Å². The van der Waals surface area contributed by atoms with Crippen molar-refractivity contribution in [1.82, 2.24) is 0 Å². The second-order valence-corrected chi connectivity index (χ2v) is 6.97. The van der Waals surface area contributed by atoms with Crippen LogP contribution in [-0.4, -0.2) is 25.8 Å². The van der Waals surface area contributed by atoms with E-state index in [4.69, 9.17) is 0 Å². The Morgan fingerprint density at radius 1 is 1.10 bits per heavy atom. The fraction of sp³-hybridized carbons (Fsp3) is 0.833. The lowest BCUT2D eigenvalue weighted by Gasteiger charge is -2.44. The summed E-state index contributed by atoms with van der Waals surface area (Å²) < 4.78 is 0. The summed E-state index contributed by atoms with van der Waals surface area (Å²) in [6.45, 7) is 7.49. The van der Waals surface area contributed by atoms with Gasteiger partial charge in [0, 0.05) is 23.7 Å². The van der Waals surface area contributed by atoms with Crippen molar-refractivity contribution in [3.8, 4) is 0 Å². The van der Waals surface area contributed by atoms with E-state index in [1.165, 1.54) is 13.8 Å². The maximum Gasteiger partial charge on any atom is 0.256 e. The summed E-state index contributed by atoms with van der Waals surface area (Å²) in [5.41, 5.74) is -4.91. The maximum absolute atomic E-state index is 11.5. The third-order valence-corrected chi connectivity index (χ3v) is 4.12. The Morgan fingerprint density at radius 2 is 1.57 bits per heavy atom. The van der Waals surface area contributed by atoms with Gasteiger partial charge in [-0.3, -0.25) is 30.3 Å². The van der Waals surface area contributed by atoms with E-state index >= 15 is 0 Å².